The quantitative estimate of drug-likeness (QED) is 0.370. The number of anilines is 3. The molecule has 1 spiro atoms. The number of nitrogens with zero attached hydrogens (tertiary/aromatic N) is 1. The summed E-state index contributed by atoms with van der Waals surface area (Å²) in [5.74, 6) is 1.52. The molecule has 2 aliphatic rings. The fourth-order valence-corrected chi connectivity index (χ4v) is 4.87. The van der Waals surface area contributed by atoms with E-state index in [0.717, 1.165) is 33.8 Å². The number of carbonyl (C=O) groups is 1. The average Bonchev–Trinajstić information content (AvgIpc) is 3.17. The zero-order chi connectivity index (χ0) is 24.2. The van der Waals surface area contributed by atoms with Gasteiger partial charge in [0, 0.05) is 60.0 Å². The van der Waals surface area contributed by atoms with Crippen LogP contribution in [0.4, 0.5) is 17.1 Å². The first-order valence-corrected chi connectivity index (χ1v) is 11.4. The number of carbonyl (C=O) groups excluding carboxylic acids is 1. The minimum Gasteiger partial charge on any atom is -0.497 e. The second-order valence-corrected chi connectivity index (χ2v) is 8.86. The first-order chi connectivity index (χ1) is 17.0. The van der Waals surface area contributed by atoms with Crippen molar-refractivity contribution in [3.05, 3.63) is 107 Å². The topological polar surface area (TPSA) is 60.0 Å². The molecule has 0 saturated carbocycles. The zero-order valence-electron chi connectivity index (χ0n) is 19.7. The Balaban J connectivity index is 1.48. The van der Waals surface area contributed by atoms with Crippen molar-refractivity contribution in [1.29, 1.82) is 0 Å². The molecule has 0 fully saturated rings. The van der Waals surface area contributed by atoms with E-state index >= 15 is 0 Å². The van der Waals surface area contributed by atoms with Crippen molar-refractivity contribution in [3.63, 3.8) is 0 Å². The van der Waals surface area contributed by atoms with Gasteiger partial charge in [-0.1, -0.05) is 18.2 Å². The number of benzene rings is 4. The van der Waals surface area contributed by atoms with Gasteiger partial charge < -0.3 is 24.4 Å². The first kappa shape index (κ1) is 21.1. The van der Waals surface area contributed by atoms with E-state index in [9.17, 15) is 4.79 Å². The number of methoxy groups -OCH3 is 1. The number of rotatable bonds is 4. The minimum absolute atomic E-state index is 0.349. The molecule has 6 rings (SSSR count). The Kier molecular flexibility index (Phi) is 4.71. The average molecular weight is 465 g/mol. The van der Waals surface area contributed by atoms with E-state index in [1.54, 1.807) is 13.2 Å². The van der Waals surface area contributed by atoms with Crippen molar-refractivity contribution in [2.24, 2.45) is 0 Å². The van der Waals surface area contributed by atoms with Crippen LogP contribution in [0.15, 0.2) is 84.9 Å². The van der Waals surface area contributed by atoms with Gasteiger partial charge in [0.15, 0.2) is 5.60 Å². The van der Waals surface area contributed by atoms with Crippen molar-refractivity contribution >= 4 is 23.0 Å². The van der Waals surface area contributed by atoms with E-state index < -0.39 is 5.60 Å². The highest BCUT2D eigenvalue weighted by molar-refractivity contribution is 5.97. The van der Waals surface area contributed by atoms with Crippen LogP contribution in [0, 0.1) is 0 Å². The lowest BCUT2D eigenvalue weighted by Gasteiger charge is -2.36. The van der Waals surface area contributed by atoms with Crippen molar-refractivity contribution < 1.29 is 19.0 Å². The molecule has 1 N–H and O–H groups in total. The second-order valence-electron chi connectivity index (χ2n) is 8.86. The summed E-state index contributed by atoms with van der Waals surface area (Å²) >= 11 is 0. The van der Waals surface area contributed by atoms with Gasteiger partial charge in [-0.05, 0) is 54.6 Å². The zero-order valence-corrected chi connectivity index (χ0v) is 19.7. The lowest BCUT2D eigenvalue weighted by Crippen LogP contribution is -2.33. The molecule has 4 aromatic rings. The van der Waals surface area contributed by atoms with Gasteiger partial charge in [0.25, 0.3) is 0 Å². The molecule has 0 saturated heterocycles. The summed E-state index contributed by atoms with van der Waals surface area (Å²) in [5.41, 5.74) is 4.77. The van der Waals surface area contributed by atoms with E-state index in [0.29, 0.717) is 22.8 Å². The van der Waals surface area contributed by atoms with Gasteiger partial charge in [0.1, 0.15) is 17.2 Å². The number of fused-ring (bicyclic) bond motifs is 6. The Morgan fingerprint density at radius 1 is 0.800 bits per heavy atom. The fraction of sp³-hybridized carbons (Fsp3) is 0.138. The van der Waals surface area contributed by atoms with Crippen LogP contribution < -0.4 is 19.7 Å². The third kappa shape index (κ3) is 3.21. The number of nitrogens with one attached hydrogen (secondary N) is 1. The Hall–Kier alpha value is -4.45. The highest BCUT2D eigenvalue weighted by Gasteiger charge is 2.53. The van der Waals surface area contributed by atoms with Crippen LogP contribution in [0.2, 0.25) is 0 Å². The molecule has 0 amide bonds. The van der Waals surface area contributed by atoms with Crippen molar-refractivity contribution in [2.45, 2.75) is 5.60 Å². The predicted molar refractivity (Wildman–Crippen MR) is 135 cm³/mol. The standard InChI is InChI=1S/C29H24N2O4/c1-31(2)20-11-8-18(9-12-20)30-19-10-14-24-26(16-19)34-27-17-21(33-3)13-15-25(27)29(24)23-7-5-4-6-22(23)28(32)35-29/h4-17,30H,1-3H3. The molecule has 1 atom stereocenters. The molecule has 35 heavy (non-hydrogen) atoms. The van der Waals surface area contributed by atoms with E-state index in [1.807, 2.05) is 80.8 Å². The Morgan fingerprint density at radius 2 is 1.49 bits per heavy atom. The number of hydrogen-bond donors (Lipinski definition) is 1. The van der Waals surface area contributed by atoms with Gasteiger partial charge in [-0.3, -0.25) is 0 Å². The Labute approximate surface area is 203 Å². The van der Waals surface area contributed by atoms with Crippen molar-refractivity contribution in [2.75, 3.05) is 31.4 Å². The van der Waals surface area contributed by atoms with Crippen molar-refractivity contribution in [3.8, 4) is 17.2 Å². The molecule has 6 nitrogen and oxygen atoms in total. The highest BCUT2D eigenvalue weighted by atomic mass is 16.6. The largest absolute Gasteiger partial charge is 0.497 e. The third-order valence-electron chi connectivity index (χ3n) is 6.59. The molecule has 0 radical (unpaired) electrons. The lowest BCUT2D eigenvalue weighted by atomic mass is 9.77. The van der Waals surface area contributed by atoms with Crippen LogP contribution in [0.1, 0.15) is 27.0 Å². The fourth-order valence-electron chi connectivity index (χ4n) is 4.87. The maximum Gasteiger partial charge on any atom is 0.340 e. The lowest BCUT2D eigenvalue weighted by molar-refractivity contribution is 0.0224. The highest BCUT2D eigenvalue weighted by Crippen LogP contribution is 2.56. The number of ether oxygens (including phenoxy) is 3. The van der Waals surface area contributed by atoms with Crippen molar-refractivity contribution in [1.82, 2.24) is 0 Å². The molecule has 0 aromatic heterocycles. The normalized spacial score (nSPS) is 17.1. The van der Waals surface area contributed by atoms with Gasteiger partial charge in [-0.15, -0.1) is 0 Å². The summed E-state index contributed by atoms with van der Waals surface area (Å²) in [4.78, 5) is 15.0. The van der Waals surface area contributed by atoms with Crippen LogP contribution >= 0.6 is 0 Å². The van der Waals surface area contributed by atoms with E-state index in [1.165, 1.54) is 0 Å². The summed E-state index contributed by atoms with van der Waals surface area (Å²) in [6.07, 6.45) is 0. The smallest absolute Gasteiger partial charge is 0.340 e. The van der Waals surface area contributed by atoms with Gasteiger partial charge in [-0.25, -0.2) is 4.79 Å². The Bertz CT molecular complexity index is 1460. The third-order valence-corrected chi connectivity index (χ3v) is 6.59. The molecular weight excluding hydrogens is 440 g/mol. The second kappa shape index (κ2) is 7.81. The van der Waals surface area contributed by atoms with Crippen LogP contribution in [0.3, 0.4) is 0 Å². The first-order valence-electron chi connectivity index (χ1n) is 11.4. The van der Waals surface area contributed by atoms with Crippen LogP contribution in [-0.4, -0.2) is 27.2 Å². The molecular formula is C29H24N2O4. The molecule has 6 heteroatoms. The number of esters is 1. The predicted octanol–water partition coefficient (Wildman–Crippen LogP) is 6.07. The van der Waals surface area contributed by atoms with Crippen LogP contribution in [-0.2, 0) is 10.3 Å². The maximum atomic E-state index is 13.0. The molecule has 2 aliphatic heterocycles. The monoisotopic (exact) mass is 464 g/mol. The van der Waals surface area contributed by atoms with Gasteiger partial charge in [0.05, 0.1) is 12.7 Å². The van der Waals surface area contributed by atoms with E-state index in [2.05, 4.69) is 22.3 Å². The molecule has 0 aliphatic carbocycles. The molecule has 1 unspecified atom stereocenters. The molecule has 4 aromatic carbocycles. The number of hydrogen-bond acceptors (Lipinski definition) is 6. The van der Waals surface area contributed by atoms with E-state index in [4.69, 9.17) is 14.2 Å². The molecule has 174 valence electrons. The summed E-state index contributed by atoms with van der Waals surface area (Å²) in [5, 5.41) is 3.44. The Morgan fingerprint density at radius 3 is 2.23 bits per heavy atom. The van der Waals surface area contributed by atoms with Crippen LogP contribution in [0.5, 0.6) is 17.2 Å². The van der Waals surface area contributed by atoms with Gasteiger partial charge >= 0.3 is 5.97 Å². The van der Waals surface area contributed by atoms with Gasteiger partial charge in [-0.2, -0.15) is 0 Å². The SMILES string of the molecule is COc1ccc2c(c1)Oc1cc(Nc3ccc(N(C)C)cc3)ccc1C21OC(=O)c2ccccc21. The minimum atomic E-state index is -1.09. The summed E-state index contributed by atoms with van der Waals surface area (Å²) in [7, 11) is 5.64. The summed E-state index contributed by atoms with van der Waals surface area (Å²) in [6, 6.07) is 27.2. The van der Waals surface area contributed by atoms with Gasteiger partial charge in [0.2, 0.25) is 0 Å². The molecule has 0 bridgehead atoms. The summed E-state index contributed by atoms with van der Waals surface area (Å²) < 4.78 is 18.0. The summed E-state index contributed by atoms with van der Waals surface area (Å²) in [6.45, 7) is 0. The van der Waals surface area contributed by atoms with Crippen LogP contribution in [0.25, 0.3) is 0 Å². The van der Waals surface area contributed by atoms with E-state index in [-0.39, 0.29) is 5.97 Å². The molecule has 2 heterocycles. The maximum absolute atomic E-state index is 13.0.